The van der Waals surface area contributed by atoms with Gasteiger partial charge in [-0.15, -0.1) is 11.3 Å². The van der Waals surface area contributed by atoms with Gasteiger partial charge in [0.2, 0.25) is 0 Å². The number of halogens is 1. The lowest BCUT2D eigenvalue weighted by atomic mass is 10.1. The molecular weight excluding hydrogens is 334 g/mol. The first-order valence-electron chi connectivity index (χ1n) is 6.13. The van der Waals surface area contributed by atoms with Crippen LogP contribution in [0.2, 0.25) is 0 Å². The van der Waals surface area contributed by atoms with Crippen LogP contribution >= 0.6 is 27.3 Å². The summed E-state index contributed by atoms with van der Waals surface area (Å²) in [6, 6.07) is 12.1. The van der Waals surface area contributed by atoms with E-state index in [4.69, 9.17) is 0 Å². The molecule has 0 spiro atoms. The highest BCUT2D eigenvalue weighted by Crippen LogP contribution is 2.32. The maximum absolute atomic E-state index is 4.67. The molecule has 0 atom stereocenters. The standard InChI is InChI=1S/C15H12BrN3S/c1-10-14(11-4-6-12(16)7-5-11)19-15(20-10)18-13-3-2-8-17-9-13/h2-9H,1H3,(H,18,19). The number of nitrogens with zero attached hydrogens (tertiary/aromatic N) is 2. The molecule has 1 N–H and O–H groups in total. The summed E-state index contributed by atoms with van der Waals surface area (Å²) in [6.07, 6.45) is 3.54. The lowest BCUT2D eigenvalue weighted by Crippen LogP contribution is -1.89. The summed E-state index contributed by atoms with van der Waals surface area (Å²) in [7, 11) is 0. The zero-order chi connectivity index (χ0) is 13.9. The average molecular weight is 346 g/mol. The number of pyridine rings is 1. The highest BCUT2D eigenvalue weighted by Gasteiger charge is 2.09. The van der Waals surface area contributed by atoms with E-state index in [1.165, 1.54) is 4.88 Å². The summed E-state index contributed by atoms with van der Waals surface area (Å²) in [6.45, 7) is 2.09. The minimum Gasteiger partial charge on any atom is -0.330 e. The van der Waals surface area contributed by atoms with Gasteiger partial charge in [-0.2, -0.15) is 0 Å². The summed E-state index contributed by atoms with van der Waals surface area (Å²) in [5, 5.41) is 4.16. The molecule has 0 aliphatic carbocycles. The Bertz CT molecular complexity index is 708. The van der Waals surface area contributed by atoms with E-state index < -0.39 is 0 Å². The van der Waals surface area contributed by atoms with Crippen LogP contribution in [0.15, 0.2) is 53.3 Å². The first-order chi connectivity index (χ1) is 9.72. The van der Waals surface area contributed by atoms with Gasteiger partial charge in [-0.1, -0.05) is 28.1 Å². The fraction of sp³-hybridized carbons (Fsp3) is 0.0667. The van der Waals surface area contributed by atoms with Crippen LogP contribution in [-0.4, -0.2) is 9.97 Å². The molecule has 0 unspecified atom stereocenters. The van der Waals surface area contributed by atoms with E-state index in [1.807, 2.05) is 24.3 Å². The van der Waals surface area contributed by atoms with Crippen molar-refractivity contribution in [2.45, 2.75) is 6.92 Å². The molecule has 0 fully saturated rings. The van der Waals surface area contributed by atoms with E-state index in [2.05, 4.69) is 50.3 Å². The van der Waals surface area contributed by atoms with E-state index in [-0.39, 0.29) is 0 Å². The van der Waals surface area contributed by atoms with E-state index in [0.29, 0.717) is 0 Å². The number of rotatable bonds is 3. The van der Waals surface area contributed by atoms with Crippen molar-refractivity contribution in [2.75, 3.05) is 5.32 Å². The van der Waals surface area contributed by atoms with Crippen molar-refractivity contribution < 1.29 is 0 Å². The summed E-state index contributed by atoms with van der Waals surface area (Å²) in [5.74, 6) is 0. The smallest absolute Gasteiger partial charge is 0.188 e. The number of aromatic nitrogens is 2. The van der Waals surface area contributed by atoms with Gasteiger partial charge < -0.3 is 5.32 Å². The molecule has 2 aromatic heterocycles. The lowest BCUT2D eigenvalue weighted by Gasteiger charge is -2.00. The minimum absolute atomic E-state index is 0.883. The van der Waals surface area contributed by atoms with Gasteiger partial charge >= 0.3 is 0 Å². The Morgan fingerprint density at radius 1 is 1.15 bits per heavy atom. The zero-order valence-corrected chi connectivity index (χ0v) is 13.2. The Balaban J connectivity index is 1.89. The quantitative estimate of drug-likeness (QED) is 0.724. The molecular formula is C15H12BrN3S. The van der Waals surface area contributed by atoms with Crippen LogP contribution in [0.1, 0.15) is 4.88 Å². The van der Waals surface area contributed by atoms with Crippen LogP contribution in [0.25, 0.3) is 11.3 Å². The largest absolute Gasteiger partial charge is 0.330 e. The van der Waals surface area contributed by atoms with Crippen molar-refractivity contribution in [1.82, 2.24) is 9.97 Å². The molecule has 0 bridgehead atoms. The molecule has 3 rings (SSSR count). The Morgan fingerprint density at radius 2 is 1.95 bits per heavy atom. The van der Waals surface area contributed by atoms with Gasteiger partial charge in [-0.25, -0.2) is 4.98 Å². The maximum atomic E-state index is 4.67. The van der Waals surface area contributed by atoms with Gasteiger partial charge in [0.25, 0.3) is 0 Å². The average Bonchev–Trinajstić information content (AvgIpc) is 2.81. The van der Waals surface area contributed by atoms with Crippen LogP contribution in [0.5, 0.6) is 0 Å². The fourth-order valence-corrected chi connectivity index (χ4v) is 3.01. The Labute approximate surface area is 129 Å². The number of thiazole rings is 1. The van der Waals surface area contributed by atoms with Gasteiger partial charge in [-0.3, -0.25) is 4.98 Å². The normalized spacial score (nSPS) is 10.5. The van der Waals surface area contributed by atoms with Crippen LogP contribution in [0, 0.1) is 6.92 Å². The molecule has 0 radical (unpaired) electrons. The number of benzene rings is 1. The summed E-state index contributed by atoms with van der Waals surface area (Å²) >= 11 is 5.10. The lowest BCUT2D eigenvalue weighted by molar-refractivity contribution is 1.30. The topological polar surface area (TPSA) is 37.8 Å². The molecule has 100 valence electrons. The second-order valence-electron chi connectivity index (χ2n) is 4.30. The third kappa shape index (κ3) is 2.89. The fourth-order valence-electron chi connectivity index (χ4n) is 1.89. The summed E-state index contributed by atoms with van der Waals surface area (Å²) < 4.78 is 1.07. The SMILES string of the molecule is Cc1sc(Nc2cccnc2)nc1-c1ccc(Br)cc1. The van der Waals surface area contributed by atoms with Crippen molar-refractivity contribution in [2.24, 2.45) is 0 Å². The number of hydrogen-bond acceptors (Lipinski definition) is 4. The zero-order valence-electron chi connectivity index (χ0n) is 10.8. The number of aryl methyl sites for hydroxylation is 1. The summed E-state index contributed by atoms with van der Waals surface area (Å²) in [4.78, 5) is 9.95. The van der Waals surface area contributed by atoms with Crippen molar-refractivity contribution >= 4 is 38.1 Å². The predicted octanol–water partition coefficient (Wildman–Crippen LogP) is 5.02. The number of hydrogen-bond donors (Lipinski definition) is 1. The second kappa shape index (κ2) is 5.73. The van der Waals surface area contributed by atoms with Crippen LogP contribution in [0.4, 0.5) is 10.8 Å². The van der Waals surface area contributed by atoms with Gasteiger partial charge in [0.05, 0.1) is 17.6 Å². The first kappa shape index (κ1) is 13.3. The van der Waals surface area contributed by atoms with E-state index in [9.17, 15) is 0 Å². The van der Waals surface area contributed by atoms with Crippen LogP contribution in [0.3, 0.4) is 0 Å². The third-order valence-electron chi connectivity index (χ3n) is 2.83. The van der Waals surface area contributed by atoms with E-state index >= 15 is 0 Å². The molecule has 0 aliphatic heterocycles. The Morgan fingerprint density at radius 3 is 2.65 bits per heavy atom. The van der Waals surface area contributed by atoms with E-state index in [1.54, 1.807) is 23.7 Å². The van der Waals surface area contributed by atoms with Crippen LogP contribution < -0.4 is 5.32 Å². The van der Waals surface area contributed by atoms with Gasteiger partial charge in [0.15, 0.2) is 5.13 Å². The Kier molecular flexibility index (Phi) is 3.80. The van der Waals surface area contributed by atoms with Crippen molar-refractivity contribution in [3.8, 4) is 11.3 Å². The maximum Gasteiger partial charge on any atom is 0.188 e. The van der Waals surface area contributed by atoms with Crippen molar-refractivity contribution in [1.29, 1.82) is 0 Å². The molecule has 20 heavy (non-hydrogen) atoms. The van der Waals surface area contributed by atoms with Gasteiger partial charge in [0.1, 0.15) is 0 Å². The molecule has 3 nitrogen and oxygen atoms in total. The predicted molar refractivity (Wildman–Crippen MR) is 87.5 cm³/mol. The second-order valence-corrected chi connectivity index (χ2v) is 6.42. The molecule has 1 aromatic carbocycles. The van der Waals surface area contributed by atoms with E-state index in [0.717, 1.165) is 26.5 Å². The summed E-state index contributed by atoms with van der Waals surface area (Å²) in [5.41, 5.74) is 3.10. The molecule has 0 saturated heterocycles. The van der Waals surface area contributed by atoms with Crippen LogP contribution in [-0.2, 0) is 0 Å². The molecule has 0 amide bonds. The molecule has 3 aromatic rings. The van der Waals surface area contributed by atoms with Gasteiger partial charge in [0, 0.05) is 21.1 Å². The highest BCUT2D eigenvalue weighted by atomic mass is 79.9. The number of nitrogens with one attached hydrogen (secondary N) is 1. The minimum atomic E-state index is 0.883. The molecule has 2 heterocycles. The number of anilines is 2. The van der Waals surface area contributed by atoms with Crippen molar-refractivity contribution in [3.63, 3.8) is 0 Å². The van der Waals surface area contributed by atoms with Gasteiger partial charge in [-0.05, 0) is 31.2 Å². The molecule has 0 saturated carbocycles. The molecule has 0 aliphatic rings. The monoisotopic (exact) mass is 345 g/mol. The third-order valence-corrected chi connectivity index (χ3v) is 4.24. The Hall–Kier alpha value is -1.72. The first-order valence-corrected chi connectivity index (χ1v) is 7.74. The van der Waals surface area contributed by atoms with Crippen molar-refractivity contribution in [3.05, 3.63) is 58.1 Å². The highest BCUT2D eigenvalue weighted by molar-refractivity contribution is 9.10. The molecule has 5 heteroatoms.